The van der Waals surface area contributed by atoms with Crippen molar-refractivity contribution in [3.05, 3.63) is 11.1 Å². The van der Waals surface area contributed by atoms with E-state index >= 15 is 0 Å². The number of hydrogen-bond donors (Lipinski definition) is 4. The SMILES string of the molecule is CC(C)(CC(N)=O)Nc1nc(C(N)C(=O)O)cs1. The molecule has 1 aromatic heterocycles. The van der Waals surface area contributed by atoms with Crippen LogP contribution in [0.1, 0.15) is 32.0 Å². The van der Waals surface area contributed by atoms with Gasteiger partial charge in [-0.25, -0.2) is 4.98 Å². The topological polar surface area (TPSA) is 131 Å². The smallest absolute Gasteiger partial charge is 0.326 e. The summed E-state index contributed by atoms with van der Waals surface area (Å²) < 4.78 is 0. The minimum absolute atomic E-state index is 0.146. The first-order valence-corrected chi connectivity index (χ1v) is 6.09. The second-order valence-corrected chi connectivity index (χ2v) is 5.40. The van der Waals surface area contributed by atoms with Crippen LogP contribution in [-0.2, 0) is 9.59 Å². The molecule has 0 aliphatic rings. The first-order chi connectivity index (χ1) is 8.21. The molecule has 6 N–H and O–H groups in total. The van der Waals surface area contributed by atoms with Gasteiger partial charge in [0.25, 0.3) is 0 Å². The molecule has 7 nitrogen and oxygen atoms in total. The summed E-state index contributed by atoms with van der Waals surface area (Å²) in [4.78, 5) is 25.6. The highest BCUT2D eigenvalue weighted by Crippen LogP contribution is 2.24. The minimum atomic E-state index is -1.14. The lowest BCUT2D eigenvalue weighted by molar-refractivity contribution is -0.138. The van der Waals surface area contributed by atoms with Gasteiger partial charge in [-0.05, 0) is 13.8 Å². The van der Waals surface area contributed by atoms with Gasteiger partial charge in [-0.3, -0.25) is 9.59 Å². The zero-order valence-corrected chi connectivity index (χ0v) is 11.0. The van der Waals surface area contributed by atoms with Gasteiger partial charge in [-0.15, -0.1) is 11.3 Å². The molecule has 0 saturated carbocycles. The van der Waals surface area contributed by atoms with Crippen LogP contribution in [0.2, 0.25) is 0 Å². The Balaban J connectivity index is 2.75. The molecule has 18 heavy (non-hydrogen) atoms. The largest absolute Gasteiger partial charge is 0.480 e. The minimum Gasteiger partial charge on any atom is -0.480 e. The van der Waals surface area contributed by atoms with Crippen LogP contribution in [0.25, 0.3) is 0 Å². The van der Waals surface area contributed by atoms with Crippen LogP contribution in [0, 0.1) is 0 Å². The highest BCUT2D eigenvalue weighted by Gasteiger charge is 2.23. The second kappa shape index (κ2) is 5.32. The van der Waals surface area contributed by atoms with Crippen LogP contribution in [0.4, 0.5) is 5.13 Å². The highest BCUT2D eigenvalue weighted by atomic mass is 32.1. The van der Waals surface area contributed by atoms with Crippen molar-refractivity contribution in [3.63, 3.8) is 0 Å². The van der Waals surface area contributed by atoms with Crippen LogP contribution in [0.5, 0.6) is 0 Å². The summed E-state index contributed by atoms with van der Waals surface area (Å²) in [5.74, 6) is -1.56. The van der Waals surface area contributed by atoms with E-state index in [4.69, 9.17) is 16.6 Å². The number of aromatic nitrogens is 1. The Morgan fingerprint density at radius 3 is 2.72 bits per heavy atom. The van der Waals surface area contributed by atoms with Gasteiger partial charge in [-0.2, -0.15) is 0 Å². The van der Waals surface area contributed by atoms with E-state index in [-0.39, 0.29) is 12.1 Å². The van der Waals surface area contributed by atoms with Crippen molar-refractivity contribution in [2.75, 3.05) is 5.32 Å². The van der Waals surface area contributed by atoms with Crippen LogP contribution in [0.15, 0.2) is 5.38 Å². The molecule has 0 bridgehead atoms. The van der Waals surface area contributed by atoms with Gasteiger partial charge in [0.15, 0.2) is 5.13 Å². The number of carboxylic acids is 1. The molecule has 0 aliphatic heterocycles. The summed E-state index contributed by atoms with van der Waals surface area (Å²) in [7, 11) is 0. The van der Waals surface area contributed by atoms with Crippen LogP contribution < -0.4 is 16.8 Å². The Labute approximate surface area is 108 Å². The molecule has 0 spiro atoms. The summed E-state index contributed by atoms with van der Waals surface area (Å²) in [5, 5.41) is 13.9. The number of carboxylic acid groups (broad SMARTS) is 1. The number of amides is 1. The molecule has 0 aliphatic carbocycles. The Hall–Kier alpha value is -1.67. The van der Waals surface area contributed by atoms with Crippen molar-refractivity contribution in [2.45, 2.75) is 31.8 Å². The maximum Gasteiger partial charge on any atom is 0.326 e. The molecule has 1 amide bonds. The first kappa shape index (κ1) is 14.4. The predicted molar refractivity (Wildman–Crippen MR) is 68.2 cm³/mol. The third-order valence-corrected chi connectivity index (χ3v) is 2.94. The number of carbonyl (C=O) groups excluding carboxylic acids is 1. The quantitative estimate of drug-likeness (QED) is 0.588. The predicted octanol–water partition coefficient (Wildman–Crippen LogP) is 0.293. The van der Waals surface area contributed by atoms with E-state index in [1.165, 1.54) is 11.3 Å². The summed E-state index contributed by atoms with van der Waals surface area (Å²) in [6, 6.07) is -1.14. The number of hydrogen-bond acceptors (Lipinski definition) is 6. The summed E-state index contributed by atoms with van der Waals surface area (Å²) in [6.45, 7) is 3.60. The van der Waals surface area contributed by atoms with E-state index in [1.54, 1.807) is 19.2 Å². The van der Waals surface area contributed by atoms with Crippen molar-refractivity contribution in [1.29, 1.82) is 0 Å². The van der Waals surface area contributed by atoms with E-state index in [2.05, 4.69) is 10.3 Å². The van der Waals surface area contributed by atoms with Crippen molar-refractivity contribution in [1.82, 2.24) is 4.98 Å². The monoisotopic (exact) mass is 272 g/mol. The van der Waals surface area contributed by atoms with E-state index < -0.39 is 23.5 Å². The molecule has 0 radical (unpaired) electrons. The Morgan fingerprint density at radius 1 is 1.61 bits per heavy atom. The lowest BCUT2D eigenvalue weighted by Gasteiger charge is -2.24. The van der Waals surface area contributed by atoms with E-state index in [9.17, 15) is 9.59 Å². The number of thiazole rings is 1. The molecule has 0 saturated heterocycles. The number of primary amides is 1. The van der Waals surface area contributed by atoms with Crippen LogP contribution in [-0.4, -0.2) is 27.5 Å². The number of rotatable bonds is 6. The van der Waals surface area contributed by atoms with Gasteiger partial charge >= 0.3 is 5.97 Å². The Bertz CT molecular complexity index is 458. The molecular formula is C10H16N4O3S. The van der Waals surface area contributed by atoms with Gasteiger partial charge < -0.3 is 21.9 Å². The molecule has 1 aromatic rings. The molecule has 0 fully saturated rings. The maximum atomic E-state index is 10.9. The second-order valence-electron chi connectivity index (χ2n) is 4.55. The maximum absolute atomic E-state index is 10.9. The van der Waals surface area contributed by atoms with Gasteiger partial charge in [0.2, 0.25) is 5.91 Å². The lowest BCUT2D eigenvalue weighted by Crippen LogP contribution is -2.36. The van der Waals surface area contributed by atoms with Gasteiger partial charge in [-0.1, -0.05) is 0 Å². The molecule has 1 atom stereocenters. The third-order valence-electron chi connectivity index (χ3n) is 2.17. The molecule has 1 rings (SSSR count). The molecular weight excluding hydrogens is 256 g/mol. The van der Waals surface area contributed by atoms with E-state index in [0.717, 1.165) is 0 Å². The zero-order valence-electron chi connectivity index (χ0n) is 10.1. The van der Waals surface area contributed by atoms with Crippen molar-refractivity contribution >= 4 is 28.3 Å². The Kier molecular flexibility index (Phi) is 4.25. The van der Waals surface area contributed by atoms with Gasteiger partial charge in [0.1, 0.15) is 6.04 Å². The van der Waals surface area contributed by atoms with Gasteiger partial charge in [0.05, 0.1) is 5.69 Å². The number of nitrogens with two attached hydrogens (primary N) is 2. The average molecular weight is 272 g/mol. The van der Waals surface area contributed by atoms with Crippen molar-refractivity contribution in [2.24, 2.45) is 11.5 Å². The molecule has 100 valence electrons. The number of anilines is 1. The van der Waals surface area contributed by atoms with Crippen LogP contribution >= 0.6 is 11.3 Å². The number of nitrogens with zero attached hydrogens (tertiary/aromatic N) is 1. The zero-order chi connectivity index (χ0) is 13.9. The first-order valence-electron chi connectivity index (χ1n) is 5.21. The normalized spacial score (nSPS) is 13.1. The fraction of sp³-hybridized carbons (Fsp3) is 0.500. The molecule has 1 heterocycles. The molecule has 0 aromatic carbocycles. The number of aliphatic carboxylic acids is 1. The molecule has 8 heteroatoms. The summed E-state index contributed by atoms with van der Waals surface area (Å²) in [5.41, 5.74) is 10.3. The van der Waals surface area contributed by atoms with Gasteiger partial charge in [0, 0.05) is 17.3 Å². The summed E-state index contributed by atoms with van der Waals surface area (Å²) >= 11 is 1.23. The fourth-order valence-corrected chi connectivity index (χ4v) is 2.31. The van der Waals surface area contributed by atoms with Crippen molar-refractivity contribution < 1.29 is 14.7 Å². The molecule has 1 unspecified atom stereocenters. The van der Waals surface area contributed by atoms with Crippen LogP contribution in [0.3, 0.4) is 0 Å². The third kappa shape index (κ3) is 3.97. The number of carbonyl (C=O) groups is 2. The van der Waals surface area contributed by atoms with E-state index in [0.29, 0.717) is 5.13 Å². The Morgan fingerprint density at radius 2 is 2.22 bits per heavy atom. The fourth-order valence-electron chi connectivity index (χ4n) is 1.38. The highest BCUT2D eigenvalue weighted by molar-refractivity contribution is 7.13. The standard InChI is InChI=1S/C10H16N4O3S/c1-10(2,3-6(11)15)14-9-13-5(4-18-9)7(12)8(16)17/h4,7H,3,12H2,1-2H3,(H2,11,15)(H,13,14)(H,16,17). The van der Waals surface area contributed by atoms with E-state index in [1.807, 2.05) is 0 Å². The average Bonchev–Trinajstić information content (AvgIpc) is 2.61. The lowest BCUT2D eigenvalue weighted by atomic mass is 10.0. The van der Waals surface area contributed by atoms with Crippen molar-refractivity contribution in [3.8, 4) is 0 Å². The summed E-state index contributed by atoms with van der Waals surface area (Å²) in [6.07, 6.45) is 0.146. The number of nitrogens with one attached hydrogen (secondary N) is 1.